The molecule has 0 atom stereocenters. The summed E-state index contributed by atoms with van der Waals surface area (Å²) in [6, 6.07) is 0.349. The van der Waals surface area contributed by atoms with Crippen LogP contribution in [0.2, 0.25) is 0 Å². The average molecular weight is 238 g/mol. The Morgan fingerprint density at radius 1 is 1.41 bits per heavy atom. The van der Waals surface area contributed by atoms with Crippen molar-refractivity contribution < 1.29 is 4.79 Å². The highest BCUT2D eigenvalue weighted by molar-refractivity contribution is 5.77. The topological polar surface area (TPSA) is 59.0 Å². The Kier molecular flexibility index (Phi) is 6.32. The normalized spacial score (nSPS) is 10.8. The first-order chi connectivity index (χ1) is 8.18. The molecule has 17 heavy (non-hydrogen) atoms. The molecule has 0 spiro atoms. The molecule has 96 valence electrons. The molecule has 1 aromatic heterocycles. The molecule has 1 heterocycles. The monoisotopic (exact) mass is 238 g/mol. The first-order valence-electron chi connectivity index (χ1n) is 6.14. The van der Waals surface area contributed by atoms with Gasteiger partial charge in [-0.3, -0.25) is 4.79 Å². The minimum absolute atomic E-state index is 0.0707. The summed E-state index contributed by atoms with van der Waals surface area (Å²) in [5.41, 5.74) is 0. The van der Waals surface area contributed by atoms with Gasteiger partial charge in [-0.2, -0.15) is 0 Å². The minimum Gasteiger partial charge on any atom is -0.355 e. The summed E-state index contributed by atoms with van der Waals surface area (Å²) in [6.45, 7) is 6.16. The smallest absolute Gasteiger partial charge is 0.233 e. The lowest BCUT2D eigenvalue weighted by Crippen LogP contribution is -2.37. The molecule has 0 saturated heterocycles. The molecule has 0 aromatic carbocycles. The van der Waals surface area contributed by atoms with E-state index in [4.69, 9.17) is 0 Å². The van der Waals surface area contributed by atoms with Crippen LogP contribution in [0.25, 0.3) is 0 Å². The number of rotatable bonds is 8. The van der Waals surface area contributed by atoms with Crippen LogP contribution in [0.5, 0.6) is 0 Å². The van der Waals surface area contributed by atoms with E-state index in [-0.39, 0.29) is 5.91 Å². The summed E-state index contributed by atoms with van der Waals surface area (Å²) in [5.74, 6) is 0.0707. The van der Waals surface area contributed by atoms with Crippen LogP contribution < -0.4 is 10.6 Å². The Morgan fingerprint density at radius 3 is 2.88 bits per heavy atom. The summed E-state index contributed by atoms with van der Waals surface area (Å²) in [4.78, 5) is 15.3. The number of carbonyl (C=O) groups excluding carboxylic acids is 1. The standard InChI is InChI=1S/C12H22N4O/c1-11(2)15-9-12(17)14-5-3-4-7-16-8-6-13-10-16/h6,8,10-11,15H,3-5,7,9H2,1-2H3,(H,14,17). The number of imidazole rings is 1. The average Bonchev–Trinajstić information content (AvgIpc) is 2.79. The van der Waals surface area contributed by atoms with Gasteiger partial charge < -0.3 is 15.2 Å². The highest BCUT2D eigenvalue weighted by atomic mass is 16.1. The second kappa shape index (κ2) is 7.84. The van der Waals surface area contributed by atoms with Crippen LogP contribution in [0.3, 0.4) is 0 Å². The van der Waals surface area contributed by atoms with Gasteiger partial charge in [-0.15, -0.1) is 0 Å². The van der Waals surface area contributed by atoms with Gasteiger partial charge in [-0.05, 0) is 12.8 Å². The number of hydrogen-bond donors (Lipinski definition) is 2. The van der Waals surface area contributed by atoms with Crippen molar-refractivity contribution in [3.63, 3.8) is 0 Å². The zero-order chi connectivity index (χ0) is 12.5. The van der Waals surface area contributed by atoms with E-state index in [1.54, 1.807) is 6.20 Å². The van der Waals surface area contributed by atoms with E-state index in [0.717, 1.165) is 25.9 Å². The SMILES string of the molecule is CC(C)NCC(=O)NCCCCn1ccnc1. The van der Waals surface area contributed by atoms with Gasteiger partial charge in [-0.1, -0.05) is 13.8 Å². The van der Waals surface area contributed by atoms with E-state index < -0.39 is 0 Å². The van der Waals surface area contributed by atoms with Crippen molar-refractivity contribution in [2.24, 2.45) is 0 Å². The summed E-state index contributed by atoms with van der Waals surface area (Å²) in [6.07, 6.45) is 7.58. The minimum atomic E-state index is 0.0707. The largest absolute Gasteiger partial charge is 0.355 e. The molecule has 1 amide bonds. The lowest BCUT2D eigenvalue weighted by Gasteiger charge is -2.08. The Balaban J connectivity index is 1.95. The highest BCUT2D eigenvalue weighted by Gasteiger charge is 2.00. The fraction of sp³-hybridized carbons (Fsp3) is 0.667. The van der Waals surface area contributed by atoms with Crippen LogP contribution >= 0.6 is 0 Å². The number of nitrogens with zero attached hydrogens (tertiary/aromatic N) is 2. The van der Waals surface area contributed by atoms with Gasteiger partial charge in [0, 0.05) is 31.5 Å². The Labute approximate surface area is 103 Å². The van der Waals surface area contributed by atoms with Crippen LogP contribution in [0.15, 0.2) is 18.7 Å². The molecule has 0 aliphatic carbocycles. The van der Waals surface area contributed by atoms with Crippen molar-refractivity contribution in [1.82, 2.24) is 20.2 Å². The zero-order valence-corrected chi connectivity index (χ0v) is 10.6. The van der Waals surface area contributed by atoms with E-state index in [0.29, 0.717) is 12.6 Å². The van der Waals surface area contributed by atoms with Gasteiger partial charge in [0.1, 0.15) is 0 Å². The van der Waals surface area contributed by atoms with Gasteiger partial charge in [0.15, 0.2) is 0 Å². The number of nitrogens with one attached hydrogen (secondary N) is 2. The molecule has 1 aromatic rings. The molecule has 2 N–H and O–H groups in total. The third kappa shape index (κ3) is 6.73. The van der Waals surface area contributed by atoms with Crippen LogP contribution in [-0.2, 0) is 11.3 Å². The molecule has 0 bridgehead atoms. The Morgan fingerprint density at radius 2 is 2.24 bits per heavy atom. The van der Waals surface area contributed by atoms with Crippen molar-refractivity contribution in [3.8, 4) is 0 Å². The van der Waals surface area contributed by atoms with E-state index in [2.05, 4.69) is 15.6 Å². The van der Waals surface area contributed by atoms with Gasteiger partial charge in [0.05, 0.1) is 12.9 Å². The lowest BCUT2D eigenvalue weighted by atomic mass is 10.3. The molecule has 5 heteroatoms. The molecule has 0 aliphatic rings. The van der Waals surface area contributed by atoms with Gasteiger partial charge in [-0.25, -0.2) is 4.98 Å². The van der Waals surface area contributed by atoms with Gasteiger partial charge in [0.25, 0.3) is 0 Å². The summed E-state index contributed by atoms with van der Waals surface area (Å²) < 4.78 is 2.04. The third-order valence-corrected chi connectivity index (χ3v) is 2.40. The first-order valence-corrected chi connectivity index (χ1v) is 6.14. The quantitative estimate of drug-likeness (QED) is 0.658. The van der Waals surface area contributed by atoms with Crippen molar-refractivity contribution in [1.29, 1.82) is 0 Å². The van der Waals surface area contributed by atoms with E-state index >= 15 is 0 Å². The first kappa shape index (κ1) is 13.7. The Bertz CT molecular complexity index is 308. The molecule has 1 rings (SSSR count). The van der Waals surface area contributed by atoms with E-state index in [1.165, 1.54) is 0 Å². The Hall–Kier alpha value is -1.36. The van der Waals surface area contributed by atoms with Crippen molar-refractivity contribution in [2.45, 2.75) is 39.3 Å². The van der Waals surface area contributed by atoms with Crippen LogP contribution in [0.4, 0.5) is 0 Å². The van der Waals surface area contributed by atoms with Crippen LogP contribution in [0.1, 0.15) is 26.7 Å². The number of unbranched alkanes of at least 4 members (excludes halogenated alkanes) is 1. The molecule has 5 nitrogen and oxygen atoms in total. The number of aromatic nitrogens is 2. The number of amides is 1. The van der Waals surface area contributed by atoms with Gasteiger partial charge in [0.2, 0.25) is 5.91 Å². The second-order valence-electron chi connectivity index (χ2n) is 4.39. The van der Waals surface area contributed by atoms with E-state index in [1.807, 2.05) is 30.9 Å². The second-order valence-corrected chi connectivity index (χ2v) is 4.39. The lowest BCUT2D eigenvalue weighted by molar-refractivity contribution is -0.120. The maximum Gasteiger partial charge on any atom is 0.233 e. The van der Waals surface area contributed by atoms with E-state index in [9.17, 15) is 4.79 Å². The number of carbonyl (C=O) groups is 1. The molecule has 0 radical (unpaired) electrons. The fourth-order valence-electron chi connectivity index (χ4n) is 1.43. The molecular weight excluding hydrogens is 216 g/mol. The summed E-state index contributed by atoms with van der Waals surface area (Å²) >= 11 is 0. The number of hydrogen-bond acceptors (Lipinski definition) is 3. The highest BCUT2D eigenvalue weighted by Crippen LogP contribution is 1.93. The molecular formula is C12H22N4O. The van der Waals surface area contributed by atoms with Crippen molar-refractivity contribution in [3.05, 3.63) is 18.7 Å². The maximum absolute atomic E-state index is 11.4. The number of aryl methyl sites for hydroxylation is 1. The summed E-state index contributed by atoms with van der Waals surface area (Å²) in [7, 11) is 0. The predicted octanol–water partition coefficient (Wildman–Crippen LogP) is 0.777. The fourth-order valence-corrected chi connectivity index (χ4v) is 1.43. The van der Waals surface area contributed by atoms with Crippen molar-refractivity contribution >= 4 is 5.91 Å². The maximum atomic E-state index is 11.4. The van der Waals surface area contributed by atoms with Crippen LogP contribution in [-0.4, -0.2) is 34.6 Å². The molecule has 0 aliphatic heterocycles. The predicted molar refractivity (Wildman–Crippen MR) is 67.6 cm³/mol. The van der Waals surface area contributed by atoms with Crippen molar-refractivity contribution in [2.75, 3.05) is 13.1 Å². The third-order valence-electron chi connectivity index (χ3n) is 2.40. The molecule has 0 fully saturated rings. The zero-order valence-electron chi connectivity index (χ0n) is 10.6. The summed E-state index contributed by atoms with van der Waals surface area (Å²) in [5, 5.41) is 5.98. The van der Waals surface area contributed by atoms with Crippen LogP contribution in [0, 0.1) is 0 Å². The molecule has 0 saturated carbocycles. The van der Waals surface area contributed by atoms with Gasteiger partial charge >= 0.3 is 0 Å². The molecule has 0 unspecified atom stereocenters.